The van der Waals surface area contributed by atoms with Crippen LogP contribution in [0.5, 0.6) is 0 Å². The number of hydrogen-bond donors (Lipinski definition) is 1. The SMILES string of the molecule is CN(C(=O)c1ncc(Cl)cc1NS(=O)(=O)c1ccc(C(C)(C)C)cc1)c1ccncc1. The first kappa shape index (κ1) is 22.7. The van der Waals surface area contributed by atoms with Crippen LogP contribution in [0.3, 0.4) is 0 Å². The molecule has 0 bridgehead atoms. The number of rotatable bonds is 5. The van der Waals surface area contributed by atoms with Crippen LogP contribution in [-0.4, -0.2) is 31.3 Å². The number of hydrogen-bond acceptors (Lipinski definition) is 5. The van der Waals surface area contributed by atoms with Crippen LogP contribution >= 0.6 is 11.6 Å². The standard InChI is InChI=1S/C22H23ClN4O3S/c1-22(2,3)15-5-7-18(8-6-15)31(29,30)26-19-13-16(23)14-25-20(19)21(28)27(4)17-9-11-24-12-10-17/h5-14,26H,1-4H3. The highest BCUT2D eigenvalue weighted by Gasteiger charge is 2.24. The van der Waals surface area contributed by atoms with E-state index in [9.17, 15) is 13.2 Å². The maximum Gasteiger partial charge on any atom is 0.278 e. The second-order valence-electron chi connectivity index (χ2n) is 8.00. The molecule has 3 rings (SSSR count). The maximum absolute atomic E-state index is 13.0. The zero-order chi connectivity index (χ0) is 22.8. The number of sulfonamides is 1. The molecule has 0 saturated heterocycles. The second kappa shape index (κ2) is 8.64. The monoisotopic (exact) mass is 458 g/mol. The molecule has 31 heavy (non-hydrogen) atoms. The number of pyridine rings is 2. The molecule has 1 N–H and O–H groups in total. The van der Waals surface area contributed by atoms with Gasteiger partial charge >= 0.3 is 0 Å². The number of carbonyl (C=O) groups is 1. The summed E-state index contributed by atoms with van der Waals surface area (Å²) in [5, 5.41) is 0.198. The number of carbonyl (C=O) groups excluding carboxylic acids is 1. The molecule has 0 saturated carbocycles. The summed E-state index contributed by atoms with van der Waals surface area (Å²) in [7, 11) is -2.40. The molecule has 7 nitrogen and oxygen atoms in total. The second-order valence-corrected chi connectivity index (χ2v) is 10.1. The van der Waals surface area contributed by atoms with Gasteiger partial charge in [-0.15, -0.1) is 0 Å². The number of aromatic nitrogens is 2. The van der Waals surface area contributed by atoms with Crippen molar-refractivity contribution >= 4 is 38.9 Å². The van der Waals surface area contributed by atoms with Crippen LogP contribution in [0.15, 0.2) is 66.0 Å². The first-order valence-corrected chi connectivity index (χ1v) is 11.3. The van der Waals surface area contributed by atoms with Crippen molar-refractivity contribution in [1.29, 1.82) is 0 Å². The first-order chi connectivity index (χ1) is 14.5. The van der Waals surface area contributed by atoms with Gasteiger partial charge in [0.1, 0.15) is 0 Å². The van der Waals surface area contributed by atoms with Crippen LogP contribution in [0.4, 0.5) is 11.4 Å². The highest BCUT2D eigenvalue weighted by Crippen LogP contribution is 2.27. The first-order valence-electron chi connectivity index (χ1n) is 9.46. The van der Waals surface area contributed by atoms with Gasteiger partial charge in [0.15, 0.2) is 5.69 Å². The van der Waals surface area contributed by atoms with Crippen molar-refractivity contribution in [3.05, 3.63) is 77.3 Å². The summed E-state index contributed by atoms with van der Waals surface area (Å²) in [5.74, 6) is -0.497. The van der Waals surface area contributed by atoms with Crippen molar-refractivity contribution in [3.8, 4) is 0 Å². The molecule has 1 amide bonds. The fourth-order valence-electron chi connectivity index (χ4n) is 2.87. The molecule has 1 aromatic carbocycles. The largest absolute Gasteiger partial charge is 0.310 e. The van der Waals surface area contributed by atoms with Gasteiger partial charge in [-0.1, -0.05) is 44.5 Å². The molecule has 0 aliphatic heterocycles. The lowest BCUT2D eigenvalue weighted by atomic mass is 9.87. The van der Waals surface area contributed by atoms with Crippen molar-refractivity contribution < 1.29 is 13.2 Å². The summed E-state index contributed by atoms with van der Waals surface area (Å²) >= 11 is 6.03. The molecule has 0 aliphatic carbocycles. The average molecular weight is 459 g/mol. The minimum atomic E-state index is -3.97. The smallest absolute Gasteiger partial charge is 0.278 e. The molecule has 0 aliphatic rings. The van der Waals surface area contributed by atoms with Crippen molar-refractivity contribution in [3.63, 3.8) is 0 Å². The van der Waals surface area contributed by atoms with Gasteiger partial charge in [-0.25, -0.2) is 13.4 Å². The third kappa shape index (κ3) is 5.21. The number of halogens is 1. The van der Waals surface area contributed by atoms with E-state index >= 15 is 0 Å². The molecule has 0 radical (unpaired) electrons. The summed E-state index contributed by atoms with van der Waals surface area (Å²) in [6.07, 6.45) is 4.41. The minimum Gasteiger partial charge on any atom is -0.310 e. The van der Waals surface area contributed by atoms with E-state index in [0.717, 1.165) is 5.56 Å². The predicted molar refractivity (Wildman–Crippen MR) is 122 cm³/mol. The Hall–Kier alpha value is -2.97. The molecule has 2 aromatic heterocycles. The molecule has 0 unspecified atom stereocenters. The predicted octanol–water partition coefficient (Wildman–Crippen LogP) is 4.50. The third-order valence-electron chi connectivity index (χ3n) is 4.69. The Bertz CT molecular complexity index is 1190. The number of nitrogens with zero attached hydrogens (tertiary/aromatic N) is 3. The van der Waals surface area contributed by atoms with E-state index in [1.807, 2.05) is 20.8 Å². The van der Waals surface area contributed by atoms with Gasteiger partial charge in [0.2, 0.25) is 0 Å². The molecule has 0 spiro atoms. The van der Waals surface area contributed by atoms with E-state index in [0.29, 0.717) is 5.69 Å². The zero-order valence-electron chi connectivity index (χ0n) is 17.6. The molecule has 0 fully saturated rings. The highest BCUT2D eigenvalue weighted by molar-refractivity contribution is 7.92. The van der Waals surface area contributed by atoms with Gasteiger partial charge in [0.25, 0.3) is 15.9 Å². The quantitative estimate of drug-likeness (QED) is 0.607. The summed E-state index contributed by atoms with van der Waals surface area (Å²) < 4.78 is 28.4. The Morgan fingerprint density at radius 1 is 1.06 bits per heavy atom. The van der Waals surface area contributed by atoms with E-state index in [4.69, 9.17) is 11.6 Å². The lowest BCUT2D eigenvalue weighted by Gasteiger charge is -2.20. The fraction of sp³-hybridized carbons (Fsp3) is 0.227. The summed E-state index contributed by atoms with van der Waals surface area (Å²) in [4.78, 5) is 22.5. The third-order valence-corrected chi connectivity index (χ3v) is 6.27. The Morgan fingerprint density at radius 2 is 1.68 bits per heavy atom. The number of benzene rings is 1. The molecule has 3 aromatic rings. The lowest BCUT2D eigenvalue weighted by molar-refractivity contribution is 0.0989. The van der Waals surface area contributed by atoms with Gasteiger partial charge in [0.05, 0.1) is 15.6 Å². The van der Waals surface area contributed by atoms with Gasteiger partial charge in [-0.05, 0) is 41.3 Å². The van der Waals surface area contributed by atoms with Crippen molar-refractivity contribution in [1.82, 2.24) is 9.97 Å². The molecule has 0 atom stereocenters. The van der Waals surface area contributed by atoms with Crippen LogP contribution in [-0.2, 0) is 15.4 Å². The summed E-state index contributed by atoms with van der Waals surface area (Å²) in [5.41, 5.74) is 1.41. The van der Waals surface area contributed by atoms with Gasteiger partial charge in [0, 0.05) is 31.3 Å². The topological polar surface area (TPSA) is 92.3 Å². The van der Waals surface area contributed by atoms with Crippen LogP contribution in [0.1, 0.15) is 36.8 Å². The molecule has 2 heterocycles. The van der Waals surface area contributed by atoms with E-state index in [2.05, 4.69) is 14.7 Å². The molecule has 9 heteroatoms. The Labute approximate surface area is 187 Å². The van der Waals surface area contributed by atoms with Crippen LogP contribution < -0.4 is 9.62 Å². The Balaban J connectivity index is 1.94. The Morgan fingerprint density at radius 3 is 2.26 bits per heavy atom. The van der Waals surface area contributed by atoms with Crippen molar-refractivity contribution in [2.75, 3.05) is 16.7 Å². The van der Waals surface area contributed by atoms with Gasteiger partial charge in [-0.3, -0.25) is 14.5 Å². The normalized spacial score (nSPS) is 11.8. The highest BCUT2D eigenvalue weighted by atomic mass is 35.5. The zero-order valence-corrected chi connectivity index (χ0v) is 19.2. The molecular weight excluding hydrogens is 436 g/mol. The van der Waals surface area contributed by atoms with E-state index < -0.39 is 15.9 Å². The van der Waals surface area contributed by atoms with E-state index in [-0.39, 0.29) is 26.7 Å². The number of amides is 1. The van der Waals surface area contributed by atoms with Crippen LogP contribution in [0.25, 0.3) is 0 Å². The number of anilines is 2. The van der Waals surface area contributed by atoms with E-state index in [1.54, 1.807) is 43.7 Å². The van der Waals surface area contributed by atoms with Crippen molar-refractivity contribution in [2.45, 2.75) is 31.1 Å². The minimum absolute atomic E-state index is 0.00157. The van der Waals surface area contributed by atoms with Crippen molar-refractivity contribution in [2.24, 2.45) is 0 Å². The van der Waals surface area contributed by atoms with Gasteiger partial charge in [-0.2, -0.15) is 0 Å². The molecular formula is C22H23ClN4O3S. The van der Waals surface area contributed by atoms with Crippen LogP contribution in [0.2, 0.25) is 5.02 Å². The van der Waals surface area contributed by atoms with Gasteiger partial charge < -0.3 is 4.90 Å². The maximum atomic E-state index is 13.0. The average Bonchev–Trinajstić information content (AvgIpc) is 2.73. The summed E-state index contributed by atoms with van der Waals surface area (Å²) in [6, 6.07) is 11.3. The molecule has 162 valence electrons. The Kier molecular flexibility index (Phi) is 6.33. The number of nitrogens with one attached hydrogen (secondary N) is 1. The summed E-state index contributed by atoms with van der Waals surface area (Å²) in [6.45, 7) is 6.14. The fourth-order valence-corrected chi connectivity index (χ4v) is 4.08. The van der Waals surface area contributed by atoms with E-state index in [1.165, 1.54) is 29.3 Å². The lowest BCUT2D eigenvalue weighted by Crippen LogP contribution is -2.28. The van der Waals surface area contributed by atoms with Crippen LogP contribution in [0, 0.1) is 0 Å².